The third kappa shape index (κ3) is 2.62. The minimum absolute atomic E-state index is 0.0403. The number of anilines is 1. The van der Waals surface area contributed by atoms with Gasteiger partial charge in [-0.15, -0.1) is 0 Å². The second-order valence-electron chi connectivity index (χ2n) is 5.37. The molecule has 18 heavy (non-hydrogen) atoms. The van der Waals surface area contributed by atoms with E-state index in [2.05, 4.69) is 31.0 Å². The number of halogens is 2. The first-order valence-corrected chi connectivity index (χ1v) is 6.80. The van der Waals surface area contributed by atoms with E-state index in [0.717, 1.165) is 19.5 Å². The molecule has 1 aliphatic heterocycles. The van der Waals surface area contributed by atoms with Crippen LogP contribution in [0.25, 0.3) is 0 Å². The summed E-state index contributed by atoms with van der Waals surface area (Å²) in [6.07, 6.45) is 1.02. The highest BCUT2D eigenvalue weighted by atomic mass is 35.5. The van der Waals surface area contributed by atoms with Crippen LogP contribution in [-0.2, 0) is 0 Å². The fourth-order valence-electron chi connectivity index (χ4n) is 2.37. The molecule has 2 rings (SSSR count). The Labute approximate surface area is 113 Å². The first-order chi connectivity index (χ1) is 8.45. The summed E-state index contributed by atoms with van der Waals surface area (Å²) in [5.74, 6) is -0.241. The lowest BCUT2D eigenvalue weighted by molar-refractivity contribution is 0.284. The van der Waals surface area contributed by atoms with Gasteiger partial charge in [0, 0.05) is 29.7 Å². The normalized spacial score (nSPS) is 28.5. The highest BCUT2D eigenvalue weighted by Gasteiger charge is 2.33. The van der Waals surface area contributed by atoms with Crippen LogP contribution in [0.5, 0.6) is 0 Å². The molecule has 2 atom stereocenters. The van der Waals surface area contributed by atoms with Crippen LogP contribution in [0.4, 0.5) is 10.1 Å². The Morgan fingerprint density at radius 3 is 2.89 bits per heavy atom. The lowest BCUT2D eigenvalue weighted by Crippen LogP contribution is -2.62. The van der Waals surface area contributed by atoms with Crippen molar-refractivity contribution in [1.82, 2.24) is 5.32 Å². The number of benzene rings is 1. The Balaban J connectivity index is 2.30. The zero-order chi connectivity index (χ0) is 13.3. The van der Waals surface area contributed by atoms with Gasteiger partial charge in [-0.3, -0.25) is 0 Å². The van der Waals surface area contributed by atoms with Crippen LogP contribution in [0.1, 0.15) is 27.2 Å². The standard InChI is InChI=1S/C14H20ClFN2/c1-4-14(3)9-18(10(2)8-17-14)13-6-5-11(15)7-12(13)16/h5-7,10,17H,4,8-9H2,1-3H3. The van der Waals surface area contributed by atoms with E-state index in [1.54, 1.807) is 12.1 Å². The van der Waals surface area contributed by atoms with E-state index in [1.165, 1.54) is 6.07 Å². The molecule has 4 heteroatoms. The smallest absolute Gasteiger partial charge is 0.147 e. The molecule has 0 spiro atoms. The number of hydrogen-bond donors (Lipinski definition) is 1. The average molecular weight is 271 g/mol. The summed E-state index contributed by atoms with van der Waals surface area (Å²) in [7, 11) is 0. The van der Waals surface area contributed by atoms with Gasteiger partial charge < -0.3 is 10.2 Å². The molecule has 0 radical (unpaired) electrons. The molecule has 0 aliphatic carbocycles. The highest BCUT2D eigenvalue weighted by Crippen LogP contribution is 2.29. The van der Waals surface area contributed by atoms with Gasteiger partial charge in [-0.2, -0.15) is 0 Å². The molecule has 1 saturated heterocycles. The first kappa shape index (κ1) is 13.6. The lowest BCUT2D eigenvalue weighted by atomic mass is 9.93. The molecule has 1 fully saturated rings. The predicted octanol–water partition coefficient (Wildman–Crippen LogP) is 3.45. The number of nitrogens with one attached hydrogen (secondary N) is 1. The van der Waals surface area contributed by atoms with Crippen LogP contribution in [0, 0.1) is 5.82 Å². The zero-order valence-electron chi connectivity index (χ0n) is 11.1. The Morgan fingerprint density at radius 2 is 2.28 bits per heavy atom. The van der Waals surface area contributed by atoms with Gasteiger partial charge in [0.1, 0.15) is 5.82 Å². The SMILES string of the molecule is CCC1(C)CN(c2ccc(Cl)cc2F)C(C)CN1. The Hall–Kier alpha value is -0.800. The molecular formula is C14H20ClFN2. The van der Waals surface area contributed by atoms with Crippen molar-refractivity contribution in [3.63, 3.8) is 0 Å². The molecule has 100 valence electrons. The fourth-order valence-corrected chi connectivity index (χ4v) is 2.52. The van der Waals surface area contributed by atoms with Gasteiger partial charge in [0.05, 0.1) is 5.69 Å². The van der Waals surface area contributed by atoms with E-state index in [9.17, 15) is 4.39 Å². The molecule has 1 heterocycles. The summed E-state index contributed by atoms with van der Waals surface area (Å²) in [5.41, 5.74) is 0.687. The maximum Gasteiger partial charge on any atom is 0.147 e. The third-order valence-electron chi connectivity index (χ3n) is 3.88. The topological polar surface area (TPSA) is 15.3 Å². The minimum atomic E-state index is -0.241. The molecule has 1 N–H and O–H groups in total. The van der Waals surface area contributed by atoms with Crippen molar-refractivity contribution < 1.29 is 4.39 Å². The Bertz CT molecular complexity index is 438. The van der Waals surface area contributed by atoms with Crippen LogP contribution >= 0.6 is 11.6 Å². The van der Waals surface area contributed by atoms with Gasteiger partial charge in [-0.1, -0.05) is 18.5 Å². The van der Waals surface area contributed by atoms with Crippen molar-refractivity contribution in [1.29, 1.82) is 0 Å². The minimum Gasteiger partial charge on any atom is -0.363 e. The molecule has 0 bridgehead atoms. The molecular weight excluding hydrogens is 251 g/mol. The van der Waals surface area contributed by atoms with Crippen molar-refractivity contribution in [3.8, 4) is 0 Å². The molecule has 1 aromatic rings. The van der Waals surface area contributed by atoms with E-state index in [1.807, 2.05) is 0 Å². The lowest BCUT2D eigenvalue weighted by Gasteiger charge is -2.46. The van der Waals surface area contributed by atoms with Gasteiger partial charge in [0.15, 0.2) is 0 Å². The van der Waals surface area contributed by atoms with Crippen molar-refractivity contribution in [2.75, 3.05) is 18.0 Å². The van der Waals surface area contributed by atoms with E-state index in [0.29, 0.717) is 10.7 Å². The predicted molar refractivity (Wildman–Crippen MR) is 74.9 cm³/mol. The van der Waals surface area contributed by atoms with Crippen LogP contribution in [-0.4, -0.2) is 24.7 Å². The number of rotatable bonds is 2. The summed E-state index contributed by atoms with van der Waals surface area (Å²) in [6.45, 7) is 8.12. The average Bonchev–Trinajstić information content (AvgIpc) is 2.33. The molecule has 0 saturated carbocycles. The van der Waals surface area contributed by atoms with E-state index >= 15 is 0 Å². The maximum absolute atomic E-state index is 14.0. The highest BCUT2D eigenvalue weighted by molar-refractivity contribution is 6.30. The van der Waals surface area contributed by atoms with Crippen molar-refractivity contribution in [2.45, 2.75) is 38.8 Å². The van der Waals surface area contributed by atoms with E-state index in [4.69, 9.17) is 11.6 Å². The zero-order valence-corrected chi connectivity index (χ0v) is 11.9. The fraction of sp³-hybridized carbons (Fsp3) is 0.571. The van der Waals surface area contributed by atoms with Gasteiger partial charge >= 0.3 is 0 Å². The van der Waals surface area contributed by atoms with Crippen LogP contribution in [0.15, 0.2) is 18.2 Å². The summed E-state index contributed by atoms with van der Waals surface area (Å²) < 4.78 is 14.0. The molecule has 0 amide bonds. The molecule has 0 aromatic heterocycles. The molecule has 1 aliphatic rings. The molecule has 2 nitrogen and oxygen atoms in total. The van der Waals surface area contributed by atoms with Gasteiger partial charge in [0.25, 0.3) is 0 Å². The molecule has 1 aromatic carbocycles. The largest absolute Gasteiger partial charge is 0.363 e. The molecule has 2 unspecified atom stereocenters. The number of piperazine rings is 1. The van der Waals surface area contributed by atoms with Crippen LogP contribution in [0.3, 0.4) is 0 Å². The number of hydrogen-bond acceptors (Lipinski definition) is 2. The van der Waals surface area contributed by atoms with Crippen molar-refractivity contribution >= 4 is 17.3 Å². The quantitative estimate of drug-likeness (QED) is 0.886. The summed E-state index contributed by atoms with van der Waals surface area (Å²) >= 11 is 5.80. The Morgan fingerprint density at radius 1 is 1.56 bits per heavy atom. The summed E-state index contributed by atoms with van der Waals surface area (Å²) in [4.78, 5) is 2.13. The second-order valence-corrected chi connectivity index (χ2v) is 5.80. The second kappa shape index (κ2) is 5.06. The maximum atomic E-state index is 14.0. The van der Waals surface area contributed by atoms with Crippen molar-refractivity contribution in [3.05, 3.63) is 29.0 Å². The van der Waals surface area contributed by atoms with Crippen molar-refractivity contribution in [2.24, 2.45) is 0 Å². The van der Waals surface area contributed by atoms with Gasteiger partial charge in [-0.25, -0.2) is 4.39 Å². The van der Waals surface area contributed by atoms with Crippen LogP contribution < -0.4 is 10.2 Å². The third-order valence-corrected chi connectivity index (χ3v) is 4.11. The monoisotopic (exact) mass is 270 g/mol. The van der Waals surface area contributed by atoms with Gasteiger partial charge in [0.2, 0.25) is 0 Å². The van der Waals surface area contributed by atoms with E-state index in [-0.39, 0.29) is 17.4 Å². The van der Waals surface area contributed by atoms with E-state index < -0.39 is 0 Å². The van der Waals surface area contributed by atoms with Gasteiger partial charge in [-0.05, 0) is 38.5 Å². The summed E-state index contributed by atoms with van der Waals surface area (Å²) in [6, 6.07) is 5.18. The van der Waals surface area contributed by atoms with Crippen LogP contribution in [0.2, 0.25) is 5.02 Å². The first-order valence-electron chi connectivity index (χ1n) is 6.42. The Kier molecular flexibility index (Phi) is 3.83. The number of nitrogens with zero attached hydrogens (tertiary/aromatic N) is 1. The summed E-state index contributed by atoms with van der Waals surface area (Å²) in [5, 5.41) is 3.98.